The second-order valence-electron chi connectivity index (χ2n) is 8.00. The van der Waals surface area contributed by atoms with Crippen LogP contribution in [0.1, 0.15) is 22.4 Å². The number of hydrogen-bond donors (Lipinski definition) is 2. The third kappa shape index (κ3) is 3.62. The molecule has 1 aliphatic carbocycles. The Morgan fingerprint density at radius 1 is 1.15 bits per heavy atom. The van der Waals surface area contributed by atoms with E-state index in [9.17, 15) is 41.8 Å². The van der Waals surface area contributed by atoms with Crippen molar-refractivity contribution in [3.63, 3.8) is 0 Å². The number of alkyl halides is 3. The number of amides is 2. The van der Waals surface area contributed by atoms with Crippen molar-refractivity contribution in [1.29, 1.82) is 0 Å². The first-order valence-electron chi connectivity index (χ1n) is 9.85. The van der Waals surface area contributed by atoms with Crippen molar-refractivity contribution in [2.45, 2.75) is 44.2 Å². The molecule has 12 heteroatoms. The van der Waals surface area contributed by atoms with Crippen LogP contribution < -0.4 is 9.80 Å². The van der Waals surface area contributed by atoms with Crippen LogP contribution >= 0.6 is 0 Å². The highest BCUT2D eigenvalue weighted by atomic mass is 19.4. The third-order valence-corrected chi connectivity index (χ3v) is 5.90. The van der Waals surface area contributed by atoms with Crippen LogP contribution in [0.15, 0.2) is 18.2 Å². The molecule has 0 saturated carbocycles. The smallest absolute Gasteiger partial charge is 0.387 e. The topological polar surface area (TPSA) is 94.0 Å². The van der Waals surface area contributed by atoms with Crippen LogP contribution in [0.3, 0.4) is 0 Å². The van der Waals surface area contributed by atoms with Gasteiger partial charge in [0.25, 0.3) is 11.8 Å². The number of rotatable bonds is 3. The van der Waals surface area contributed by atoms with Gasteiger partial charge in [-0.3, -0.25) is 14.5 Å². The van der Waals surface area contributed by atoms with Gasteiger partial charge in [0.2, 0.25) is 0 Å². The predicted octanol–water partition coefficient (Wildman–Crippen LogP) is 1.89. The normalized spacial score (nSPS) is 22.3. The average molecular weight is 471 g/mol. The number of aromatic nitrogens is 1. The number of anilines is 2. The number of pyridine rings is 1. The molecule has 7 nitrogen and oxygen atoms in total. The van der Waals surface area contributed by atoms with E-state index in [0.717, 1.165) is 13.1 Å². The highest BCUT2D eigenvalue weighted by Gasteiger charge is 2.53. The second-order valence-corrected chi connectivity index (χ2v) is 8.00. The lowest BCUT2D eigenvalue weighted by atomic mass is 9.87. The van der Waals surface area contributed by atoms with Crippen LogP contribution in [-0.2, 0) is 28.6 Å². The molecule has 2 aromatic rings. The molecule has 2 amide bonds. The quantitative estimate of drug-likeness (QED) is 0.667. The molecule has 2 heterocycles. The van der Waals surface area contributed by atoms with E-state index in [1.807, 2.05) is 0 Å². The van der Waals surface area contributed by atoms with Gasteiger partial charge in [0.05, 0.1) is 11.3 Å². The zero-order valence-electron chi connectivity index (χ0n) is 17.3. The summed E-state index contributed by atoms with van der Waals surface area (Å²) >= 11 is 0. The summed E-state index contributed by atoms with van der Waals surface area (Å²) in [5.74, 6) is -5.48. The average Bonchev–Trinajstić information content (AvgIpc) is 2.94. The third-order valence-electron chi connectivity index (χ3n) is 5.90. The van der Waals surface area contributed by atoms with E-state index in [1.54, 1.807) is 0 Å². The standard InChI is InChI=1S/C21H18F5N3O4/c1-8-5-10(21(24,25)26)7-13(27-8)29-16(17(30)18(31)20(29)33)19(32)28(2)12-6-9-3-4-11(9)14(22)15(12)23/h5-7,16-18,30-31H,3-4H2,1-2H3/t16-,17-,18-/m0/s1. The summed E-state index contributed by atoms with van der Waals surface area (Å²) in [7, 11) is 1.07. The van der Waals surface area contributed by atoms with Gasteiger partial charge in [-0.1, -0.05) is 0 Å². The molecule has 1 fully saturated rings. The number of hydrogen-bond acceptors (Lipinski definition) is 5. The van der Waals surface area contributed by atoms with Gasteiger partial charge in [-0.05, 0) is 49.1 Å². The molecule has 0 unspecified atom stereocenters. The molecule has 33 heavy (non-hydrogen) atoms. The number of benzene rings is 1. The van der Waals surface area contributed by atoms with Crippen molar-refractivity contribution in [3.05, 3.63) is 52.2 Å². The molecule has 0 radical (unpaired) electrons. The zero-order valence-corrected chi connectivity index (χ0v) is 17.3. The number of carbonyl (C=O) groups excluding carboxylic acids is 2. The van der Waals surface area contributed by atoms with Crippen LogP contribution in [0, 0.1) is 18.6 Å². The Bertz CT molecular complexity index is 1170. The monoisotopic (exact) mass is 471 g/mol. The predicted molar refractivity (Wildman–Crippen MR) is 104 cm³/mol. The molecule has 4 rings (SSSR count). The van der Waals surface area contributed by atoms with E-state index in [1.165, 1.54) is 13.0 Å². The van der Waals surface area contributed by atoms with Gasteiger partial charge in [-0.15, -0.1) is 0 Å². The summed E-state index contributed by atoms with van der Waals surface area (Å²) in [6, 6.07) is 0.550. The maximum Gasteiger partial charge on any atom is 0.416 e. The van der Waals surface area contributed by atoms with Crippen molar-refractivity contribution in [1.82, 2.24) is 4.98 Å². The summed E-state index contributed by atoms with van der Waals surface area (Å²) in [4.78, 5) is 30.7. The highest BCUT2D eigenvalue weighted by Crippen LogP contribution is 2.37. The van der Waals surface area contributed by atoms with Gasteiger partial charge >= 0.3 is 6.18 Å². The first-order chi connectivity index (χ1) is 15.3. The van der Waals surface area contributed by atoms with Crippen LogP contribution in [0.5, 0.6) is 0 Å². The molecule has 1 aromatic heterocycles. The molecule has 0 spiro atoms. The Balaban J connectivity index is 1.77. The largest absolute Gasteiger partial charge is 0.416 e. The minimum atomic E-state index is -4.80. The van der Waals surface area contributed by atoms with Crippen molar-refractivity contribution in [3.8, 4) is 0 Å². The Morgan fingerprint density at radius 2 is 1.82 bits per heavy atom. The van der Waals surface area contributed by atoms with Crippen molar-refractivity contribution in [2.24, 2.45) is 0 Å². The van der Waals surface area contributed by atoms with Gasteiger partial charge < -0.3 is 15.1 Å². The van der Waals surface area contributed by atoms with E-state index in [0.29, 0.717) is 34.3 Å². The van der Waals surface area contributed by atoms with Crippen LogP contribution in [-0.4, -0.2) is 52.3 Å². The van der Waals surface area contributed by atoms with Gasteiger partial charge in [-0.25, -0.2) is 13.8 Å². The molecule has 2 aliphatic rings. The molecule has 1 aliphatic heterocycles. The van der Waals surface area contributed by atoms with Gasteiger partial charge in [0.1, 0.15) is 18.0 Å². The van der Waals surface area contributed by atoms with E-state index in [2.05, 4.69) is 4.98 Å². The van der Waals surface area contributed by atoms with Crippen LogP contribution in [0.4, 0.5) is 33.5 Å². The molecular weight excluding hydrogens is 453 g/mol. The number of aliphatic hydroxyl groups is 2. The summed E-state index contributed by atoms with van der Waals surface area (Å²) in [6.07, 6.45) is -8.19. The number of halogens is 5. The van der Waals surface area contributed by atoms with Gasteiger partial charge in [0.15, 0.2) is 17.7 Å². The number of aliphatic hydroxyl groups excluding tert-OH is 2. The molecular formula is C21H18F5N3O4. The Kier molecular flexibility index (Phi) is 5.40. The van der Waals surface area contributed by atoms with E-state index < -0.39 is 64.9 Å². The van der Waals surface area contributed by atoms with E-state index in [-0.39, 0.29) is 11.3 Å². The second kappa shape index (κ2) is 7.73. The zero-order chi connectivity index (χ0) is 24.4. The van der Waals surface area contributed by atoms with Crippen LogP contribution in [0.2, 0.25) is 0 Å². The lowest BCUT2D eigenvalue weighted by Gasteiger charge is -2.30. The Labute approximate surface area is 184 Å². The fraction of sp³-hybridized carbons (Fsp3) is 0.381. The van der Waals surface area contributed by atoms with Crippen molar-refractivity contribution in [2.75, 3.05) is 16.8 Å². The molecule has 1 aromatic carbocycles. The molecule has 1 saturated heterocycles. The number of fused-ring (bicyclic) bond motifs is 1. The first-order valence-corrected chi connectivity index (χ1v) is 9.85. The Morgan fingerprint density at radius 3 is 2.39 bits per heavy atom. The number of carbonyl (C=O) groups is 2. The minimum absolute atomic E-state index is 0.140. The van der Waals surface area contributed by atoms with E-state index in [4.69, 9.17) is 0 Å². The number of nitrogens with zero attached hydrogens (tertiary/aromatic N) is 3. The molecule has 2 N–H and O–H groups in total. The summed E-state index contributed by atoms with van der Waals surface area (Å²) < 4.78 is 68.6. The summed E-state index contributed by atoms with van der Waals surface area (Å²) in [6.45, 7) is 1.23. The summed E-state index contributed by atoms with van der Waals surface area (Å²) in [5, 5.41) is 20.4. The van der Waals surface area contributed by atoms with Gasteiger partial charge in [-0.2, -0.15) is 13.2 Å². The highest BCUT2D eigenvalue weighted by molar-refractivity contribution is 6.10. The number of likely N-dealkylation sites (N-methyl/N-ethyl adjacent to an activating group) is 1. The summed E-state index contributed by atoms with van der Waals surface area (Å²) in [5.41, 5.74) is -1.10. The number of aryl methyl sites for hydroxylation is 2. The van der Waals surface area contributed by atoms with Crippen molar-refractivity contribution >= 4 is 23.3 Å². The molecule has 0 bridgehead atoms. The van der Waals surface area contributed by atoms with E-state index >= 15 is 0 Å². The fourth-order valence-electron chi connectivity index (χ4n) is 4.04. The van der Waals surface area contributed by atoms with Crippen LogP contribution in [0.25, 0.3) is 0 Å². The molecule has 176 valence electrons. The fourth-order valence-corrected chi connectivity index (χ4v) is 4.04. The lowest BCUT2D eigenvalue weighted by molar-refractivity contribution is -0.137. The SMILES string of the molecule is Cc1cc(C(F)(F)F)cc(N2C(=O)[C@@H](O)[C@@H](O)[C@H]2C(=O)N(C)c2cc3c(c(F)c2F)CC3)n1. The van der Waals surface area contributed by atoms with Gasteiger partial charge in [0, 0.05) is 12.7 Å². The first kappa shape index (κ1) is 23.1. The maximum atomic E-state index is 14.6. The van der Waals surface area contributed by atoms with Crippen molar-refractivity contribution < 1.29 is 41.8 Å². The minimum Gasteiger partial charge on any atom is -0.387 e. The Hall–Kier alpha value is -3.12. The lowest BCUT2D eigenvalue weighted by Crippen LogP contribution is -2.50. The maximum absolute atomic E-state index is 14.6. The molecule has 3 atom stereocenters.